The standard InChI is InChI=1S/C14H20N2O3/c1-13(2,12(18)19)9-16-11(17)14(3,15)10-7-5-4-6-8-10/h4-8H,9,15H2,1-3H3,(H,16,17)(H,18,19). The van der Waals surface area contributed by atoms with Crippen LogP contribution in [-0.2, 0) is 15.1 Å². The van der Waals surface area contributed by atoms with Gasteiger partial charge in [-0.15, -0.1) is 0 Å². The van der Waals surface area contributed by atoms with Crippen molar-refractivity contribution < 1.29 is 14.7 Å². The zero-order chi connectivity index (χ0) is 14.7. The molecule has 0 heterocycles. The van der Waals surface area contributed by atoms with E-state index in [0.29, 0.717) is 5.56 Å². The number of carbonyl (C=O) groups excluding carboxylic acids is 1. The van der Waals surface area contributed by atoms with E-state index in [1.54, 1.807) is 45.0 Å². The van der Waals surface area contributed by atoms with E-state index >= 15 is 0 Å². The molecule has 4 N–H and O–H groups in total. The Balaban J connectivity index is 2.76. The van der Waals surface area contributed by atoms with E-state index in [9.17, 15) is 9.59 Å². The second-order valence-corrected chi connectivity index (χ2v) is 5.44. The smallest absolute Gasteiger partial charge is 0.310 e. The van der Waals surface area contributed by atoms with E-state index in [1.165, 1.54) is 0 Å². The number of hydrogen-bond acceptors (Lipinski definition) is 3. The topological polar surface area (TPSA) is 92.4 Å². The summed E-state index contributed by atoms with van der Waals surface area (Å²) in [5, 5.41) is 11.6. The third-order valence-corrected chi connectivity index (χ3v) is 3.11. The molecule has 0 saturated heterocycles. The Labute approximate surface area is 112 Å². The van der Waals surface area contributed by atoms with Gasteiger partial charge in [0.15, 0.2) is 0 Å². The Hall–Kier alpha value is -1.88. The molecule has 1 atom stereocenters. The van der Waals surface area contributed by atoms with Crippen molar-refractivity contribution >= 4 is 11.9 Å². The van der Waals surface area contributed by atoms with Crippen LogP contribution in [0, 0.1) is 5.41 Å². The average Bonchev–Trinajstić information content (AvgIpc) is 2.36. The van der Waals surface area contributed by atoms with Gasteiger partial charge in [-0.05, 0) is 26.3 Å². The second-order valence-electron chi connectivity index (χ2n) is 5.44. The molecule has 0 spiro atoms. The van der Waals surface area contributed by atoms with E-state index < -0.39 is 22.8 Å². The lowest BCUT2D eigenvalue weighted by molar-refractivity contribution is -0.147. The maximum absolute atomic E-state index is 12.1. The first-order chi connectivity index (χ1) is 8.68. The summed E-state index contributed by atoms with van der Waals surface area (Å²) in [6.45, 7) is 4.73. The molecule has 1 aromatic carbocycles. The zero-order valence-electron chi connectivity index (χ0n) is 11.4. The number of nitrogens with two attached hydrogens (primary N) is 1. The molecule has 0 aliphatic carbocycles. The summed E-state index contributed by atoms with van der Waals surface area (Å²) in [6, 6.07) is 8.97. The number of amides is 1. The Bertz CT molecular complexity index is 467. The van der Waals surface area contributed by atoms with E-state index in [-0.39, 0.29) is 6.54 Å². The number of carboxylic acids is 1. The van der Waals surface area contributed by atoms with Gasteiger partial charge in [0.1, 0.15) is 5.54 Å². The maximum Gasteiger partial charge on any atom is 0.310 e. The predicted octanol–water partition coefficient (Wildman–Crippen LogP) is 1.09. The molecule has 1 aromatic rings. The fraction of sp³-hybridized carbons (Fsp3) is 0.429. The molecule has 0 radical (unpaired) electrons. The van der Waals surface area contributed by atoms with Crippen molar-refractivity contribution in [2.75, 3.05) is 6.54 Å². The van der Waals surface area contributed by atoms with Crippen LogP contribution >= 0.6 is 0 Å². The van der Waals surface area contributed by atoms with E-state index in [1.807, 2.05) is 6.07 Å². The average molecular weight is 264 g/mol. The number of carbonyl (C=O) groups is 2. The Kier molecular flexibility index (Phi) is 4.32. The van der Waals surface area contributed by atoms with Gasteiger partial charge in [0.05, 0.1) is 5.41 Å². The number of hydrogen-bond donors (Lipinski definition) is 3. The van der Waals surface area contributed by atoms with Gasteiger partial charge in [-0.1, -0.05) is 30.3 Å². The fourth-order valence-electron chi connectivity index (χ4n) is 1.48. The predicted molar refractivity (Wildman–Crippen MR) is 72.4 cm³/mol. The van der Waals surface area contributed by atoms with Crippen molar-refractivity contribution in [3.63, 3.8) is 0 Å². The maximum atomic E-state index is 12.1. The largest absolute Gasteiger partial charge is 0.481 e. The first-order valence-electron chi connectivity index (χ1n) is 6.04. The molecule has 0 aliphatic heterocycles. The fourth-order valence-corrected chi connectivity index (χ4v) is 1.48. The molecule has 5 nitrogen and oxygen atoms in total. The minimum absolute atomic E-state index is 0.0286. The molecule has 1 rings (SSSR count). The SMILES string of the molecule is CC(C)(CNC(=O)C(C)(N)c1ccccc1)C(=O)O. The molecular weight excluding hydrogens is 244 g/mol. The van der Waals surface area contributed by atoms with Crippen LogP contribution in [0.15, 0.2) is 30.3 Å². The van der Waals surface area contributed by atoms with Crippen LogP contribution in [0.2, 0.25) is 0 Å². The number of nitrogens with one attached hydrogen (secondary N) is 1. The van der Waals surface area contributed by atoms with Gasteiger partial charge < -0.3 is 16.2 Å². The molecule has 19 heavy (non-hydrogen) atoms. The normalized spacial score (nSPS) is 14.5. The van der Waals surface area contributed by atoms with Gasteiger partial charge >= 0.3 is 5.97 Å². The molecule has 1 unspecified atom stereocenters. The molecule has 104 valence electrons. The van der Waals surface area contributed by atoms with Gasteiger partial charge in [0.2, 0.25) is 5.91 Å². The molecule has 0 aromatic heterocycles. The first-order valence-corrected chi connectivity index (χ1v) is 6.04. The number of rotatable bonds is 5. The second kappa shape index (κ2) is 5.40. The van der Waals surface area contributed by atoms with Crippen molar-refractivity contribution in [1.29, 1.82) is 0 Å². The highest BCUT2D eigenvalue weighted by Gasteiger charge is 2.33. The van der Waals surface area contributed by atoms with E-state index in [2.05, 4.69) is 5.32 Å². The van der Waals surface area contributed by atoms with Crippen LogP contribution in [0.1, 0.15) is 26.3 Å². The van der Waals surface area contributed by atoms with Gasteiger partial charge in [-0.25, -0.2) is 0 Å². The lowest BCUT2D eigenvalue weighted by Gasteiger charge is -2.27. The molecule has 0 aliphatic rings. The molecule has 0 saturated carbocycles. The molecule has 0 fully saturated rings. The van der Waals surface area contributed by atoms with Crippen molar-refractivity contribution in [1.82, 2.24) is 5.32 Å². The highest BCUT2D eigenvalue weighted by Crippen LogP contribution is 2.19. The van der Waals surface area contributed by atoms with Gasteiger partial charge in [-0.2, -0.15) is 0 Å². The number of aliphatic carboxylic acids is 1. The summed E-state index contributed by atoms with van der Waals surface area (Å²) in [4.78, 5) is 23.1. The quantitative estimate of drug-likeness (QED) is 0.742. The van der Waals surface area contributed by atoms with Gasteiger partial charge in [0, 0.05) is 6.54 Å². The minimum atomic E-state index is -1.18. The highest BCUT2D eigenvalue weighted by atomic mass is 16.4. The lowest BCUT2D eigenvalue weighted by atomic mass is 9.90. The van der Waals surface area contributed by atoms with E-state index in [0.717, 1.165) is 0 Å². The Morgan fingerprint density at radius 2 is 1.74 bits per heavy atom. The molecule has 5 heteroatoms. The number of carboxylic acid groups (broad SMARTS) is 1. The van der Waals surface area contributed by atoms with Crippen LogP contribution in [0.5, 0.6) is 0 Å². The van der Waals surface area contributed by atoms with Crippen molar-refractivity contribution in [3.05, 3.63) is 35.9 Å². The molecular formula is C14H20N2O3. The summed E-state index contributed by atoms with van der Waals surface area (Å²) in [5.41, 5.74) is 4.50. The summed E-state index contributed by atoms with van der Waals surface area (Å²) in [7, 11) is 0. The summed E-state index contributed by atoms with van der Waals surface area (Å²) in [6.07, 6.45) is 0. The highest BCUT2D eigenvalue weighted by molar-refractivity contribution is 5.87. The van der Waals surface area contributed by atoms with Crippen LogP contribution in [0.25, 0.3) is 0 Å². The zero-order valence-corrected chi connectivity index (χ0v) is 11.4. The first kappa shape index (κ1) is 15.2. The Morgan fingerprint density at radius 1 is 1.21 bits per heavy atom. The third-order valence-electron chi connectivity index (χ3n) is 3.11. The van der Waals surface area contributed by atoms with Gasteiger partial charge in [-0.3, -0.25) is 9.59 Å². The van der Waals surface area contributed by atoms with Crippen molar-refractivity contribution in [2.45, 2.75) is 26.3 Å². The van der Waals surface area contributed by atoms with Crippen LogP contribution < -0.4 is 11.1 Å². The molecule has 0 bridgehead atoms. The Morgan fingerprint density at radius 3 is 2.21 bits per heavy atom. The van der Waals surface area contributed by atoms with Crippen LogP contribution in [0.4, 0.5) is 0 Å². The summed E-state index contributed by atoms with van der Waals surface area (Å²) < 4.78 is 0. The monoisotopic (exact) mass is 264 g/mol. The number of benzene rings is 1. The van der Waals surface area contributed by atoms with Crippen LogP contribution in [0.3, 0.4) is 0 Å². The van der Waals surface area contributed by atoms with Crippen molar-refractivity contribution in [3.8, 4) is 0 Å². The third kappa shape index (κ3) is 3.54. The summed E-state index contributed by atoms with van der Waals surface area (Å²) >= 11 is 0. The van der Waals surface area contributed by atoms with Gasteiger partial charge in [0.25, 0.3) is 0 Å². The summed E-state index contributed by atoms with van der Waals surface area (Å²) in [5.74, 6) is -1.36. The van der Waals surface area contributed by atoms with Crippen molar-refractivity contribution in [2.24, 2.45) is 11.1 Å². The molecule has 1 amide bonds. The van der Waals surface area contributed by atoms with Crippen LogP contribution in [-0.4, -0.2) is 23.5 Å². The minimum Gasteiger partial charge on any atom is -0.481 e. The van der Waals surface area contributed by atoms with E-state index in [4.69, 9.17) is 10.8 Å². The lowest BCUT2D eigenvalue weighted by Crippen LogP contribution is -2.51.